The largest absolute Gasteiger partial charge is 0.315 e. The van der Waals surface area contributed by atoms with E-state index in [0.717, 1.165) is 18.0 Å². The molecular weight excluding hydrogens is 186 g/mol. The number of hydrogen-bond donors (Lipinski definition) is 1. The molecule has 1 N–H and O–H groups in total. The van der Waals surface area contributed by atoms with Crippen LogP contribution in [0.2, 0.25) is 0 Å². The van der Waals surface area contributed by atoms with E-state index in [2.05, 4.69) is 36.1 Å². The van der Waals surface area contributed by atoms with Crippen LogP contribution in [0.25, 0.3) is 0 Å². The van der Waals surface area contributed by atoms with Gasteiger partial charge in [-0.05, 0) is 39.8 Å². The molecule has 88 valence electrons. The van der Waals surface area contributed by atoms with Gasteiger partial charge in [0.25, 0.3) is 0 Å². The fourth-order valence-corrected chi connectivity index (χ4v) is 2.68. The number of likely N-dealkylation sites (N-methyl/N-ethyl adjacent to an activating group) is 2. The topological polar surface area (TPSA) is 18.5 Å². The van der Waals surface area contributed by atoms with Crippen molar-refractivity contribution < 1.29 is 0 Å². The van der Waals surface area contributed by atoms with E-state index in [1.165, 1.54) is 39.0 Å². The van der Waals surface area contributed by atoms with Gasteiger partial charge in [-0.1, -0.05) is 0 Å². The van der Waals surface area contributed by atoms with Gasteiger partial charge in [-0.15, -0.1) is 0 Å². The van der Waals surface area contributed by atoms with Gasteiger partial charge in [-0.2, -0.15) is 0 Å². The van der Waals surface area contributed by atoms with E-state index in [4.69, 9.17) is 0 Å². The van der Waals surface area contributed by atoms with Crippen molar-refractivity contribution in [2.75, 3.05) is 40.3 Å². The molecule has 0 aromatic rings. The normalized spacial score (nSPS) is 31.8. The molecule has 2 aliphatic rings. The number of rotatable bonds is 4. The molecule has 1 heterocycles. The molecule has 1 aliphatic carbocycles. The molecule has 3 heteroatoms. The van der Waals surface area contributed by atoms with Gasteiger partial charge in [0, 0.05) is 38.3 Å². The summed E-state index contributed by atoms with van der Waals surface area (Å²) in [7, 11) is 4.34. The zero-order valence-corrected chi connectivity index (χ0v) is 10.4. The molecule has 0 bridgehead atoms. The number of nitrogens with zero attached hydrogens (tertiary/aromatic N) is 2. The van der Waals surface area contributed by atoms with Crippen molar-refractivity contribution in [3.63, 3.8) is 0 Å². The minimum atomic E-state index is 0.721. The van der Waals surface area contributed by atoms with Crippen LogP contribution >= 0.6 is 0 Å². The van der Waals surface area contributed by atoms with E-state index in [1.54, 1.807) is 0 Å². The molecule has 2 rings (SSSR count). The molecule has 0 aromatic heterocycles. The monoisotopic (exact) mass is 211 g/mol. The van der Waals surface area contributed by atoms with Crippen LogP contribution in [0.5, 0.6) is 0 Å². The lowest BCUT2D eigenvalue weighted by Crippen LogP contribution is -2.54. The Morgan fingerprint density at radius 2 is 2.07 bits per heavy atom. The Labute approximate surface area is 93.8 Å². The highest BCUT2D eigenvalue weighted by atomic mass is 15.3. The Morgan fingerprint density at radius 3 is 2.60 bits per heavy atom. The van der Waals surface area contributed by atoms with Gasteiger partial charge < -0.3 is 10.2 Å². The lowest BCUT2D eigenvalue weighted by Gasteiger charge is -2.40. The third-order valence-electron chi connectivity index (χ3n) is 3.96. The van der Waals surface area contributed by atoms with Gasteiger partial charge in [0.15, 0.2) is 0 Å². The second-order valence-electron chi connectivity index (χ2n) is 5.34. The number of hydrogen-bond acceptors (Lipinski definition) is 3. The Balaban J connectivity index is 1.81. The highest BCUT2D eigenvalue weighted by Crippen LogP contribution is 2.33. The van der Waals surface area contributed by atoms with Crippen molar-refractivity contribution in [1.82, 2.24) is 15.1 Å². The van der Waals surface area contributed by atoms with Crippen LogP contribution in [0.3, 0.4) is 0 Å². The minimum absolute atomic E-state index is 0.721. The van der Waals surface area contributed by atoms with Gasteiger partial charge >= 0.3 is 0 Å². The van der Waals surface area contributed by atoms with Crippen molar-refractivity contribution in [3.05, 3.63) is 0 Å². The Bertz CT molecular complexity index is 203. The zero-order valence-electron chi connectivity index (χ0n) is 10.4. The summed E-state index contributed by atoms with van der Waals surface area (Å²) in [5.74, 6) is 0.960. The van der Waals surface area contributed by atoms with Crippen LogP contribution in [-0.4, -0.2) is 62.2 Å². The van der Waals surface area contributed by atoms with Crippen LogP contribution in [0.15, 0.2) is 0 Å². The fourth-order valence-electron chi connectivity index (χ4n) is 2.68. The van der Waals surface area contributed by atoms with Crippen LogP contribution in [0.1, 0.15) is 19.8 Å². The molecule has 0 aromatic carbocycles. The van der Waals surface area contributed by atoms with Crippen molar-refractivity contribution >= 4 is 0 Å². The third kappa shape index (κ3) is 2.92. The molecule has 0 amide bonds. The first-order chi connectivity index (χ1) is 7.20. The second kappa shape index (κ2) is 4.81. The maximum atomic E-state index is 3.49. The molecule has 2 fully saturated rings. The second-order valence-corrected chi connectivity index (χ2v) is 5.34. The van der Waals surface area contributed by atoms with Gasteiger partial charge in [0.2, 0.25) is 0 Å². The Kier molecular flexibility index (Phi) is 3.65. The highest BCUT2D eigenvalue weighted by Gasteiger charge is 2.33. The zero-order chi connectivity index (χ0) is 10.8. The first-order valence-corrected chi connectivity index (χ1v) is 6.30. The lowest BCUT2D eigenvalue weighted by molar-refractivity contribution is 0.0887. The molecule has 0 spiro atoms. The molecule has 15 heavy (non-hydrogen) atoms. The summed E-state index contributed by atoms with van der Waals surface area (Å²) in [6.07, 6.45) is 2.88. The van der Waals surface area contributed by atoms with Gasteiger partial charge in [-0.3, -0.25) is 4.90 Å². The smallest absolute Gasteiger partial charge is 0.0220 e. The Morgan fingerprint density at radius 1 is 1.33 bits per heavy atom. The Hall–Kier alpha value is -0.120. The summed E-state index contributed by atoms with van der Waals surface area (Å²) < 4.78 is 0. The van der Waals surface area contributed by atoms with E-state index < -0.39 is 0 Å². The van der Waals surface area contributed by atoms with Gasteiger partial charge in [-0.25, -0.2) is 0 Å². The molecule has 1 saturated heterocycles. The number of nitrogens with one attached hydrogen (secondary N) is 1. The third-order valence-corrected chi connectivity index (χ3v) is 3.96. The van der Waals surface area contributed by atoms with Crippen molar-refractivity contribution in [2.24, 2.45) is 5.92 Å². The summed E-state index contributed by atoms with van der Waals surface area (Å²) in [6, 6.07) is 1.45. The van der Waals surface area contributed by atoms with Crippen molar-refractivity contribution in [3.8, 4) is 0 Å². The van der Waals surface area contributed by atoms with Crippen molar-refractivity contribution in [2.45, 2.75) is 31.8 Å². The highest BCUT2D eigenvalue weighted by molar-refractivity contribution is 4.90. The summed E-state index contributed by atoms with van der Waals surface area (Å²) in [5.41, 5.74) is 0. The van der Waals surface area contributed by atoms with Gasteiger partial charge in [0.05, 0.1) is 0 Å². The lowest BCUT2D eigenvalue weighted by atomic mass is 10.1. The average Bonchev–Trinajstić information content (AvgIpc) is 3.00. The van der Waals surface area contributed by atoms with E-state index in [9.17, 15) is 0 Å². The number of piperazine rings is 1. The molecular formula is C12H25N3. The maximum Gasteiger partial charge on any atom is 0.0220 e. The first-order valence-electron chi connectivity index (χ1n) is 6.30. The van der Waals surface area contributed by atoms with Crippen molar-refractivity contribution in [1.29, 1.82) is 0 Å². The quantitative estimate of drug-likeness (QED) is 0.735. The average molecular weight is 211 g/mol. The van der Waals surface area contributed by atoms with Gasteiger partial charge in [0.1, 0.15) is 0 Å². The van der Waals surface area contributed by atoms with E-state index >= 15 is 0 Å². The maximum absolute atomic E-state index is 3.49. The molecule has 1 aliphatic heterocycles. The minimum Gasteiger partial charge on any atom is -0.315 e. The summed E-state index contributed by atoms with van der Waals surface area (Å²) in [6.45, 7) is 7.29. The van der Waals surface area contributed by atoms with E-state index in [-0.39, 0.29) is 0 Å². The predicted molar refractivity (Wildman–Crippen MR) is 64.1 cm³/mol. The SMILES string of the molecule is CNC(CN1CCN(C)CC1C)C1CC1. The fraction of sp³-hybridized carbons (Fsp3) is 1.00. The first kappa shape index (κ1) is 11.4. The molecule has 1 saturated carbocycles. The summed E-state index contributed by atoms with van der Waals surface area (Å²) in [5, 5.41) is 3.49. The van der Waals surface area contributed by atoms with Crippen LogP contribution in [0.4, 0.5) is 0 Å². The molecule has 2 unspecified atom stereocenters. The molecule has 0 radical (unpaired) electrons. The molecule has 3 nitrogen and oxygen atoms in total. The molecule has 2 atom stereocenters. The standard InChI is InChI=1S/C12H25N3/c1-10-8-14(3)6-7-15(10)9-12(13-2)11-4-5-11/h10-13H,4-9H2,1-3H3. The predicted octanol–water partition coefficient (Wildman–Crippen LogP) is 0.620. The van der Waals surface area contributed by atoms with E-state index in [1.807, 2.05) is 0 Å². The van der Waals surface area contributed by atoms with Crippen LogP contribution in [0, 0.1) is 5.92 Å². The van der Waals surface area contributed by atoms with Crippen LogP contribution in [-0.2, 0) is 0 Å². The van der Waals surface area contributed by atoms with Crippen LogP contribution < -0.4 is 5.32 Å². The summed E-state index contributed by atoms with van der Waals surface area (Å²) >= 11 is 0. The summed E-state index contributed by atoms with van der Waals surface area (Å²) in [4.78, 5) is 5.09. The van der Waals surface area contributed by atoms with E-state index in [0.29, 0.717) is 0 Å².